The molecule has 0 spiro atoms. The van der Waals surface area contributed by atoms with Gasteiger partial charge in [-0.1, -0.05) is 61.4 Å². The lowest BCUT2D eigenvalue weighted by atomic mass is 10.2. The van der Waals surface area contributed by atoms with Crippen LogP contribution in [0.5, 0.6) is 0 Å². The van der Waals surface area contributed by atoms with Crippen molar-refractivity contribution in [3.63, 3.8) is 0 Å². The molecule has 2 aromatic carbocycles. The van der Waals surface area contributed by atoms with E-state index in [1.807, 2.05) is 54.6 Å². The molecule has 1 heterocycles. The maximum absolute atomic E-state index is 12.8. The Morgan fingerprint density at radius 2 is 1.83 bits per heavy atom. The van der Waals surface area contributed by atoms with Gasteiger partial charge in [-0.3, -0.25) is 10.2 Å². The van der Waals surface area contributed by atoms with E-state index < -0.39 is 0 Å². The largest absolute Gasteiger partial charge is 0.328 e. The number of hydrogen-bond donors (Lipinski definition) is 1. The molecule has 2 amide bonds. The fraction of sp³-hybridized carbons (Fsp3) is 0.263. The van der Waals surface area contributed by atoms with E-state index in [1.165, 1.54) is 11.3 Å². The number of unbranched alkanes of at least 4 members (excludes halogenated alkanes) is 2. The molecule has 0 atom stereocenters. The fourth-order valence-electron chi connectivity index (χ4n) is 2.56. The van der Waals surface area contributed by atoms with Crippen LogP contribution in [0.3, 0.4) is 0 Å². The van der Waals surface area contributed by atoms with Gasteiger partial charge >= 0.3 is 6.03 Å². The summed E-state index contributed by atoms with van der Waals surface area (Å²) in [4.78, 5) is 19.0. The van der Waals surface area contributed by atoms with Gasteiger partial charge in [-0.15, -0.1) is 0 Å². The average molecular weight is 339 g/mol. The molecule has 0 bridgehead atoms. The molecular formula is C19H21N3OS. The summed E-state index contributed by atoms with van der Waals surface area (Å²) in [7, 11) is 0. The molecule has 5 heteroatoms. The van der Waals surface area contributed by atoms with E-state index in [0.29, 0.717) is 11.7 Å². The summed E-state index contributed by atoms with van der Waals surface area (Å²) in [5.41, 5.74) is 1.82. The number of carbonyl (C=O) groups is 1. The highest BCUT2D eigenvalue weighted by atomic mass is 32.1. The van der Waals surface area contributed by atoms with Crippen LogP contribution in [0.4, 0.5) is 15.6 Å². The molecule has 0 radical (unpaired) electrons. The predicted molar refractivity (Wildman–Crippen MR) is 102 cm³/mol. The van der Waals surface area contributed by atoms with Crippen LogP contribution in [-0.2, 0) is 0 Å². The zero-order chi connectivity index (χ0) is 16.8. The summed E-state index contributed by atoms with van der Waals surface area (Å²) in [6.45, 7) is 2.86. The molecule has 1 aromatic heterocycles. The van der Waals surface area contributed by atoms with Crippen molar-refractivity contribution in [3.05, 3.63) is 54.6 Å². The number of amides is 2. The fourth-order valence-corrected chi connectivity index (χ4v) is 3.42. The zero-order valence-electron chi connectivity index (χ0n) is 13.7. The predicted octanol–water partition coefficient (Wildman–Crippen LogP) is 5.53. The molecule has 3 rings (SSSR count). The summed E-state index contributed by atoms with van der Waals surface area (Å²) >= 11 is 1.50. The standard InChI is InChI=1S/C19H21N3OS/c1-2-3-9-14-22(15-10-5-4-6-11-15)19(23)21-18-20-16-12-7-8-13-17(16)24-18/h4-8,10-13H,2-3,9,14H2,1H3,(H,20,21,23). The summed E-state index contributed by atoms with van der Waals surface area (Å²) in [5.74, 6) is 0. The Bertz CT molecular complexity index is 767. The number of urea groups is 1. The Morgan fingerprint density at radius 1 is 1.08 bits per heavy atom. The summed E-state index contributed by atoms with van der Waals surface area (Å²) < 4.78 is 1.07. The Morgan fingerprint density at radius 3 is 2.58 bits per heavy atom. The first kappa shape index (κ1) is 16.5. The normalized spacial score (nSPS) is 10.7. The van der Waals surface area contributed by atoms with Crippen LogP contribution in [0, 0.1) is 0 Å². The second-order valence-corrected chi connectivity index (χ2v) is 6.64. The number of nitrogens with one attached hydrogen (secondary N) is 1. The number of benzene rings is 2. The Hall–Kier alpha value is -2.40. The smallest absolute Gasteiger partial charge is 0.294 e. The number of rotatable bonds is 6. The van der Waals surface area contributed by atoms with Gasteiger partial charge in [-0.2, -0.15) is 0 Å². The van der Waals surface area contributed by atoms with Crippen molar-refractivity contribution in [1.82, 2.24) is 4.98 Å². The summed E-state index contributed by atoms with van der Waals surface area (Å²) in [6, 6.07) is 17.6. The third-order valence-corrected chi connectivity index (χ3v) is 4.76. The van der Waals surface area contributed by atoms with Gasteiger partial charge in [0, 0.05) is 12.2 Å². The molecule has 24 heavy (non-hydrogen) atoms. The third kappa shape index (κ3) is 3.92. The lowest BCUT2D eigenvalue weighted by Gasteiger charge is -2.22. The second kappa shape index (κ2) is 7.93. The number of nitrogens with zero attached hydrogens (tertiary/aromatic N) is 2. The van der Waals surface area contributed by atoms with E-state index in [0.717, 1.165) is 35.2 Å². The van der Waals surface area contributed by atoms with Gasteiger partial charge in [0.2, 0.25) is 0 Å². The maximum atomic E-state index is 12.8. The molecule has 124 valence electrons. The van der Waals surface area contributed by atoms with Crippen molar-refractivity contribution in [1.29, 1.82) is 0 Å². The number of aromatic nitrogens is 1. The number of fused-ring (bicyclic) bond motifs is 1. The molecule has 0 saturated carbocycles. The van der Waals surface area contributed by atoms with Crippen LogP contribution >= 0.6 is 11.3 Å². The highest BCUT2D eigenvalue weighted by molar-refractivity contribution is 7.22. The van der Waals surface area contributed by atoms with Crippen molar-refractivity contribution in [2.24, 2.45) is 0 Å². The molecule has 4 nitrogen and oxygen atoms in total. The molecule has 0 fully saturated rings. The van der Waals surface area contributed by atoms with Crippen molar-refractivity contribution in [3.8, 4) is 0 Å². The van der Waals surface area contributed by atoms with Crippen molar-refractivity contribution >= 4 is 38.4 Å². The van der Waals surface area contributed by atoms with Crippen LogP contribution in [0.1, 0.15) is 26.2 Å². The Labute approximate surface area is 146 Å². The van der Waals surface area contributed by atoms with Gasteiger partial charge in [0.1, 0.15) is 0 Å². The first-order chi connectivity index (χ1) is 11.8. The number of carbonyl (C=O) groups excluding carboxylic acids is 1. The Balaban J connectivity index is 1.77. The van der Waals surface area contributed by atoms with Gasteiger partial charge < -0.3 is 0 Å². The quantitative estimate of drug-likeness (QED) is 0.601. The van der Waals surface area contributed by atoms with Gasteiger partial charge in [0.05, 0.1) is 10.2 Å². The van der Waals surface area contributed by atoms with Crippen molar-refractivity contribution in [2.75, 3.05) is 16.8 Å². The first-order valence-corrected chi connectivity index (χ1v) is 9.08. The molecule has 0 saturated heterocycles. The van der Waals surface area contributed by atoms with Crippen LogP contribution in [0.15, 0.2) is 54.6 Å². The zero-order valence-corrected chi connectivity index (χ0v) is 14.6. The van der Waals surface area contributed by atoms with Crippen LogP contribution < -0.4 is 10.2 Å². The van der Waals surface area contributed by atoms with Crippen LogP contribution in [-0.4, -0.2) is 17.6 Å². The number of para-hydroxylation sites is 2. The van der Waals surface area contributed by atoms with Crippen LogP contribution in [0.2, 0.25) is 0 Å². The van der Waals surface area contributed by atoms with Gasteiger partial charge in [-0.05, 0) is 30.7 Å². The molecule has 0 aliphatic heterocycles. The van der Waals surface area contributed by atoms with E-state index in [-0.39, 0.29) is 6.03 Å². The highest BCUT2D eigenvalue weighted by Gasteiger charge is 2.17. The van der Waals surface area contributed by atoms with E-state index in [9.17, 15) is 4.79 Å². The van der Waals surface area contributed by atoms with Crippen LogP contribution in [0.25, 0.3) is 10.2 Å². The summed E-state index contributed by atoms with van der Waals surface area (Å²) in [5, 5.41) is 3.59. The van der Waals surface area contributed by atoms with Gasteiger partial charge in [-0.25, -0.2) is 9.78 Å². The number of thiazole rings is 1. The molecule has 3 aromatic rings. The minimum absolute atomic E-state index is 0.128. The molecule has 0 aliphatic rings. The topological polar surface area (TPSA) is 45.2 Å². The SMILES string of the molecule is CCCCCN(C(=O)Nc1nc2ccccc2s1)c1ccccc1. The lowest BCUT2D eigenvalue weighted by molar-refractivity contribution is 0.256. The van der Waals surface area contributed by atoms with Gasteiger partial charge in [0.25, 0.3) is 0 Å². The van der Waals surface area contributed by atoms with E-state index in [2.05, 4.69) is 17.2 Å². The highest BCUT2D eigenvalue weighted by Crippen LogP contribution is 2.26. The minimum atomic E-state index is -0.128. The van der Waals surface area contributed by atoms with Crippen molar-refractivity contribution in [2.45, 2.75) is 26.2 Å². The summed E-state index contributed by atoms with van der Waals surface area (Å²) in [6.07, 6.45) is 3.22. The van der Waals surface area contributed by atoms with E-state index >= 15 is 0 Å². The monoisotopic (exact) mass is 339 g/mol. The number of hydrogen-bond acceptors (Lipinski definition) is 3. The second-order valence-electron chi connectivity index (χ2n) is 5.61. The van der Waals surface area contributed by atoms with Crippen molar-refractivity contribution < 1.29 is 4.79 Å². The third-order valence-electron chi connectivity index (χ3n) is 3.81. The number of anilines is 2. The molecular weight excluding hydrogens is 318 g/mol. The van der Waals surface area contributed by atoms with Gasteiger partial charge in [0.15, 0.2) is 5.13 Å². The average Bonchev–Trinajstić information content (AvgIpc) is 3.01. The maximum Gasteiger partial charge on any atom is 0.328 e. The molecule has 0 aliphatic carbocycles. The van der Waals surface area contributed by atoms with E-state index in [4.69, 9.17) is 0 Å². The lowest BCUT2D eigenvalue weighted by Crippen LogP contribution is -2.35. The minimum Gasteiger partial charge on any atom is -0.294 e. The molecule has 0 unspecified atom stereocenters. The first-order valence-electron chi connectivity index (χ1n) is 8.27. The van der Waals surface area contributed by atoms with E-state index in [1.54, 1.807) is 4.90 Å². The molecule has 1 N–H and O–H groups in total. The Kier molecular flexibility index (Phi) is 5.43.